The van der Waals surface area contributed by atoms with Gasteiger partial charge in [0.15, 0.2) is 11.5 Å². The highest BCUT2D eigenvalue weighted by Crippen LogP contribution is 2.30. The molecular weight excluding hydrogens is 238 g/mol. The zero-order valence-electron chi connectivity index (χ0n) is 12.7. The van der Waals surface area contributed by atoms with Gasteiger partial charge in [-0.2, -0.15) is 0 Å². The third-order valence-corrected chi connectivity index (χ3v) is 3.47. The van der Waals surface area contributed by atoms with Gasteiger partial charge in [0.25, 0.3) is 0 Å². The molecule has 0 aliphatic rings. The zero-order chi connectivity index (χ0) is 14.1. The molecule has 0 amide bonds. The van der Waals surface area contributed by atoms with E-state index in [2.05, 4.69) is 25.2 Å². The summed E-state index contributed by atoms with van der Waals surface area (Å²) >= 11 is 0. The predicted molar refractivity (Wildman–Crippen MR) is 79.9 cm³/mol. The fraction of sp³-hybridized carbons (Fsp3) is 0.625. The molecule has 0 aromatic heterocycles. The lowest BCUT2D eigenvalue weighted by atomic mass is 10.0. The molecule has 1 N–H and O–H groups in total. The van der Waals surface area contributed by atoms with Crippen LogP contribution in [0.1, 0.15) is 39.2 Å². The molecule has 0 atom stereocenters. The molecule has 1 aromatic carbocycles. The number of methoxy groups -OCH3 is 1. The van der Waals surface area contributed by atoms with Gasteiger partial charge in [0.2, 0.25) is 0 Å². The molecule has 0 saturated carbocycles. The summed E-state index contributed by atoms with van der Waals surface area (Å²) in [5.74, 6) is 2.43. The monoisotopic (exact) mass is 265 g/mol. The SMILES string of the molecule is CCOc1cccc(CNCC(CC)CC)c1OC. The van der Waals surface area contributed by atoms with Crippen molar-refractivity contribution in [2.24, 2.45) is 5.92 Å². The van der Waals surface area contributed by atoms with Gasteiger partial charge in [0, 0.05) is 12.1 Å². The molecule has 1 aromatic rings. The standard InChI is InChI=1S/C16H27NO2/c1-5-13(6-2)11-17-12-14-9-8-10-15(19-7-3)16(14)18-4/h8-10,13,17H,5-7,11-12H2,1-4H3. The van der Waals surface area contributed by atoms with E-state index in [0.717, 1.165) is 36.1 Å². The molecule has 3 heteroatoms. The Bertz CT molecular complexity index is 362. The normalized spacial score (nSPS) is 10.8. The first kappa shape index (κ1) is 15.8. The number of benzene rings is 1. The molecule has 0 spiro atoms. The topological polar surface area (TPSA) is 30.5 Å². The minimum absolute atomic E-state index is 0.654. The van der Waals surface area contributed by atoms with Crippen molar-refractivity contribution in [1.82, 2.24) is 5.32 Å². The summed E-state index contributed by atoms with van der Waals surface area (Å²) in [4.78, 5) is 0. The molecule has 0 radical (unpaired) electrons. The summed E-state index contributed by atoms with van der Waals surface area (Å²) in [5, 5.41) is 3.51. The summed E-state index contributed by atoms with van der Waals surface area (Å²) in [6.45, 7) is 8.99. The van der Waals surface area contributed by atoms with Crippen LogP contribution in [0.4, 0.5) is 0 Å². The van der Waals surface area contributed by atoms with E-state index in [-0.39, 0.29) is 0 Å². The van der Waals surface area contributed by atoms with Gasteiger partial charge in [-0.15, -0.1) is 0 Å². The Balaban J connectivity index is 2.64. The fourth-order valence-electron chi connectivity index (χ4n) is 2.19. The van der Waals surface area contributed by atoms with Crippen molar-refractivity contribution in [3.05, 3.63) is 23.8 Å². The van der Waals surface area contributed by atoms with E-state index in [1.807, 2.05) is 19.1 Å². The second-order valence-electron chi connectivity index (χ2n) is 4.69. The van der Waals surface area contributed by atoms with Gasteiger partial charge in [-0.3, -0.25) is 0 Å². The third kappa shape index (κ3) is 4.75. The molecule has 0 unspecified atom stereocenters. The molecule has 0 heterocycles. The first-order valence-electron chi connectivity index (χ1n) is 7.26. The molecule has 0 aliphatic carbocycles. The highest BCUT2D eigenvalue weighted by atomic mass is 16.5. The molecule has 0 saturated heterocycles. The average molecular weight is 265 g/mol. The largest absolute Gasteiger partial charge is 0.493 e. The maximum absolute atomic E-state index is 5.59. The lowest BCUT2D eigenvalue weighted by molar-refractivity contribution is 0.308. The molecule has 3 nitrogen and oxygen atoms in total. The van der Waals surface area contributed by atoms with Gasteiger partial charge in [-0.05, 0) is 25.5 Å². The van der Waals surface area contributed by atoms with Gasteiger partial charge in [-0.25, -0.2) is 0 Å². The van der Waals surface area contributed by atoms with E-state index in [9.17, 15) is 0 Å². The van der Waals surface area contributed by atoms with Crippen molar-refractivity contribution in [2.75, 3.05) is 20.3 Å². The Labute approximate surface area is 117 Å². The van der Waals surface area contributed by atoms with Crippen LogP contribution >= 0.6 is 0 Å². The average Bonchev–Trinajstić information content (AvgIpc) is 2.44. The van der Waals surface area contributed by atoms with Crippen LogP contribution < -0.4 is 14.8 Å². The Morgan fingerprint density at radius 1 is 1.16 bits per heavy atom. The van der Waals surface area contributed by atoms with Crippen LogP contribution in [0.2, 0.25) is 0 Å². The maximum Gasteiger partial charge on any atom is 0.165 e. The number of hydrogen-bond donors (Lipinski definition) is 1. The van der Waals surface area contributed by atoms with Crippen LogP contribution in [0.3, 0.4) is 0 Å². The van der Waals surface area contributed by atoms with E-state index in [0.29, 0.717) is 6.61 Å². The van der Waals surface area contributed by atoms with Gasteiger partial charge < -0.3 is 14.8 Å². The third-order valence-electron chi connectivity index (χ3n) is 3.47. The first-order valence-corrected chi connectivity index (χ1v) is 7.26. The minimum Gasteiger partial charge on any atom is -0.493 e. The molecule has 1 rings (SSSR count). The summed E-state index contributed by atoms with van der Waals surface area (Å²) in [6.07, 6.45) is 2.44. The van der Waals surface area contributed by atoms with Crippen LogP contribution in [0.25, 0.3) is 0 Å². The molecule has 0 bridgehead atoms. The van der Waals surface area contributed by atoms with E-state index in [1.54, 1.807) is 7.11 Å². The predicted octanol–water partition coefficient (Wildman–Crippen LogP) is 3.62. The van der Waals surface area contributed by atoms with E-state index in [1.165, 1.54) is 12.8 Å². The number of rotatable bonds is 9. The Kier molecular flexibility index (Phi) is 7.34. The van der Waals surface area contributed by atoms with Crippen molar-refractivity contribution in [3.63, 3.8) is 0 Å². The van der Waals surface area contributed by atoms with Crippen LogP contribution in [0.5, 0.6) is 11.5 Å². The van der Waals surface area contributed by atoms with E-state index >= 15 is 0 Å². The zero-order valence-corrected chi connectivity index (χ0v) is 12.7. The second kappa shape index (κ2) is 8.81. The lowest BCUT2D eigenvalue weighted by Gasteiger charge is -2.16. The van der Waals surface area contributed by atoms with E-state index < -0.39 is 0 Å². The number of ether oxygens (including phenoxy) is 2. The minimum atomic E-state index is 0.654. The first-order chi connectivity index (χ1) is 9.26. The van der Waals surface area contributed by atoms with Crippen LogP contribution in [0, 0.1) is 5.92 Å². The van der Waals surface area contributed by atoms with Crippen molar-refractivity contribution < 1.29 is 9.47 Å². The highest BCUT2D eigenvalue weighted by molar-refractivity contribution is 5.46. The summed E-state index contributed by atoms with van der Waals surface area (Å²) in [7, 11) is 1.70. The van der Waals surface area contributed by atoms with Gasteiger partial charge in [-0.1, -0.05) is 38.8 Å². The molecule has 0 fully saturated rings. The molecule has 19 heavy (non-hydrogen) atoms. The number of hydrogen-bond acceptors (Lipinski definition) is 3. The highest BCUT2D eigenvalue weighted by Gasteiger charge is 2.10. The summed E-state index contributed by atoms with van der Waals surface area (Å²) in [5.41, 5.74) is 1.15. The van der Waals surface area contributed by atoms with Crippen molar-refractivity contribution in [2.45, 2.75) is 40.2 Å². The van der Waals surface area contributed by atoms with Crippen LogP contribution in [-0.4, -0.2) is 20.3 Å². The molecule has 0 aliphatic heterocycles. The van der Waals surface area contributed by atoms with Gasteiger partial charge in [0.1, 0.15) is 0 Å². The van der Waals surface area contributed by atoms with Gasteiger partial charge >= 0.3 is 0 Å². The Morgan fingerprint density at radius 2 is 1.89 bits per heavy atom. The number of nitrogens with one attached hydrogen (secondary N) is 1. The Morgan fingerprint density at radius 3 is 2.47 bits per heavy atom. The van der Waals surface area contributed by atoms with Gasteiger partial charge in [0.05, 0.1) is 13.7 Å². The second-order valence-corrected chi connectivity index (χ2v) is 4.69. The van der Waals surface area contributed by atoms with Crippen LogP contribution in [0.15, 0.2) is 18.2 Å². The Hall–Kier alpha value is -1.22. The van der Waals surface area contributed by atoms with Crippen LogP contribution in [-0.2, 0) is 6.54 Å². The summed E-state index contributed by atoms with van der Waals surface area (Å²) in [6, 6.07) is 6.05. The quantitative estimate of drug-likeness (QED) is 0.739. The van der Waals surface area contributed by atoms with E-state index in [4.69, 9.17) is 9.47 Å². The molecular formula is C16H27NO2. The number of para-hydroxylation sites is 1. The van der Waals surface area contributed by atoms with Crippen molar-refractivity contribution in [3.8, 4) is 11.5 Å². The fourth-order valence-corrected chi connectivity index (χ4v) is 2.19. The smallest absolute Gasteiger partial charge is 0.165 e. The van der Waals surface area contributed by atoms with Crippen molar-refractivity contribution >= 4 is 0 Å². The lowest BCUT2D eigenvalue weighted by Crippen LogP contribution is -2.22. The maximum atomic E-state index is 5.59. The summed E-state index contributed by atoms with van der Waals surface area (Å²) < 4.78 is 11.1. The van der Waals surface area contributed by atoms with Crippen molar-refractivity contribution in [1.29, 1.82) is 0 Å². The molecule has 108 valence electrons.